The third kappa shape index (κ3) is 4.23. The smallest absolute Gasteiger partial charge is 0.254 e. The number of aromatic nitrogens is 2. The summed E-state index contributed by atoms with van der Waals surface area (Å²) in [6.45, 7) is 4.15. The van der Waals surface area contributed by atoms with Crippen LogP contribution in [0.4, 0.5) is 10.8 Å². The Morgan fingerprint density at radius 3 is 2.81 bits per heavy atom. The molecule has 1 aromatic carbocycles. The maximum atomic E-state index is 12.3. The number of hydrogen-bond donors (Lipinski definition) is 3. The number of anilines is 2. The summed E-state index contributed by atoms with van der Waals surface area (Å²) < 4.78 is 0. The summed E-state index contributed by atoms with van der Waals surface area (Å²) in [4.78, 5) is 36.8. The highest BCUT2D eigenvalue weighted by atomic mass is 32.1. The van der Waals surface area contributed by atoms with E-state index in [4.69, 9.17) is 0 Å². The zero-order valence-electron chi connectivity index (χ0n) is 14.4. The molecule has 26 heavy (non-hydrogen) atoms. The monoisotopic (exact) mass is 373 g/mol. The van der Waals surface area contributed by atoms with E-state index in [1.807, 2.05) is 0 Å². The van der Waals surface area contributed by atoms with Gasteiger partial charge in [0.25, 0.3) is 5.91 Å². The maximum absolute atomic E-state index is 12.3. The molecule has 8 nitrogen and oxygen atoms in total. The number of carbonyl (C=O) groups is 3. The van der Waals surface area contributed by atoms with Crippen molar-refractivity contribution >= 4 is 39.9 Å². The van der Waals surface area contributed by atoms with E-state index in [1.165, 1.54) is 11.3 Å². The molecule has 0 bridgehead atoms. The average molecular weight is 373 g/mol. The first-order chi connectivity index (χ1) is 12.4. The van der Waals surface area contributed by atoms with E-state index < -0.39 is 23.8 Å². The summed E-state index contributed by atoms with van der Waals surface area (Å²) in [7, 11) is 0. The van der Waals surface area contributed by atoms with Crippen LogP contribution in [-0.2, 0) is 16.0 Å². The van der Waals surface area contributed by atoms with Crippen molar-refractivity contribution in [2.45, 2.75) is 32.7 Å². The van der Waals surface area contributed by atoms with E-state index in [0.29, 0.717) is 22.3 Å². The molecule has 136 valence electrons. The Labute approximate surface area is 154 Å². The van der Waals surface area contributed by atoms with E-state index in [0.717, 1.165) is 11.4 Å². The summed E-state index contributed by atoms with van der Waals surface area (Å²) >= 11 is 1.30. The fourth-order valence-corrected chi connectivity index (χ4v) is 3.51. The first-order valence-electron chi connectivity index (χ1n) is 8.25. The average Bonchev–Trinajstić information content (AvgIpc) is 2.95. The Morgan fingerprint density at radius 2 is 2.04 bits per heavy atom. The number of para-hydroxylation sites is 1. The minimum Gasteiger partial charge on any atom is -0.340 e. The SMILES string of the molecule is CC(C)Cc1nnc(NC(=O)C[C@H]2NC(=O)c3ccccc3NC2=O)s1. The standard InChI is InChI=1S/C17H19N5O3S/c1-9(2)7-14-21-22-17(26-14)20-13(23)8-12-16(25)18-11-6-4-3-5-10(11)15(24)19-12/h3-6,9,12H,7-8H2,1-2H3,(H,18,25)(H,19,24)(H,20,22,23)/t12-/m1/s1. The molecule has 9 heteroatoms. The van der Waals surface area contributed by atoms with E-state index in [9.17, 15) is 14.4 Å². The second kappa shape index (κ2) is 7.61. The molecule has 1 aliphatic heterocycles. The van der Waals surface area contributed by atoms with Crippen molar-refractivity contribution < 1.29 is 14.4 Å². The van der Waals surface area contributed by atoms with E-state index in [2.05, 4.69) is 40.0 Å². The molecule has 3 amide bonds. The van der Waals surface area contributed by atoms with Crippen molar-refractivity contribution in [3.63, 3.8) is 0 Å². The van der Waals surface area contributed by atoms with Gasteiger partial charge in [-0.15, -0.1) is 10.2 Å². The van der Waals surface area contributed by atoms with Crippen LogP contribution in [0.15, 0.2) is 24.3 Å². The van der Waals surface area contributed by atoms with Crippen molar-refractivity contribution in [1.82, 2.24) is 15.5 Å². The molecule has 0 saturated heterocycles. The Balaban J connectivity index is 1.63. The summed E-state index contributed by atoms with van der Waals surface area (Å²) in [6, 6.07) is 5.74. The van der Waals surface area contributed by atoms with Gasteiger partial charge in [-0.25, -0.2) is 0 Å². The molecule has 2 aromatic rings. The lowest BCUT2D eigenvalue weighted by atomic mass is 10.1. The van der Waals surface area contributed by atoms with Crippen LogP contribution >= 0.6 is 11.3 Å². The number of nitrogens with zero attached hydrogens (tertiary/aromatic N) is 2. The van der Waals surface area contributed by atoms with Crippen LogP contribution in [0.2, 0.25) is 0 Å². The predicted molar refractivity (Wildman–Crippen MR) is 98.0 cm³/mol. The Morgan fingerprint density at radius 1 is 1.27 bits per heavy atom. The fourth-order valence-electron chi connectivity index (χ4n) is 2.55. The van der Waals surface area contributed by atoms with Crippen LogP contribution < -0.4 is 16.0 Å². The van der Waals surface area contributed by atoms with Gasteiger partial charge in [0.1, 0.15) is 11.0 Å². The van der Waals surface area contributed by atoms with Crippen LogP contribution in [-0.4, -0.2) is 34.0 Å². The quantitative estimate of drug-likeness (QED) is 0.740. The zero-order chi connectivity index (χ0) is 18.7. The number of carbonyl (C=O) groups excluding carboxylic acids is 3. The van der Waals surface area contributed by atoms with Gasteiger partial charge in [-0.2, -0.15) is 0 Å². The van der Waals surface area contributed by atoms with E-state index in [1.54, 1.807) is 24.3 Å². The zero-order valence-corrected chi connectivity index (χ0v) is 15.2. The van der Waals surface area contributed by atoms with Gasteiger partial charge in [0, 0.05) is 6.42 Å². The number of amides is 3. The highest BCUT2D eigenvalue weighted by Gasteiger charge is 2.29. The molecule has 0 radical (unpaired) electrons. The van der Waals surface area contributed by atoms with Crippen LogP contribution in [0.1, 0.15) is 35.6 Å². The van der Waals surface area contributed by atoms with Crippen molar-refractivity contribution in [1.29, 1.82) is 0 Å². The lowest BCUT2D eigenvalue weighted by Crippen LogP contribution is -2.43. The number of rotatable bonds is 5. The van der Waals surface area contributed by atoms with Gasteiger partial charge in [-0.3, -0.25) is 14.4 Å². The van der Waals surface area contributed by atoms with Gasteiger partial charge in [0.2, 0.25) is 16.9 Å². The summed E-state index contributed by atoms with van der Waals surface area (Å²) in [6.07, 6.45) is 0.595. The molecule has 0 unspecified atom stereocenters. The minimum absolute atomic E-state index is 0.190. The molecular weight excluding hydrogens is 354 g/mol. The highest BCUT2D eigenvalue weighted by Crippen LogP contribution is 2.20. The third-order valence-electron chi connectivity index (χ3n) is 3.74. The second-order valence-corrected chi connectivity index (χ2v) is 7.47. The van der Waals surface area contributed by atoms with Gasteiger partial charge >= 0.3 is 0 Å². The van der Waals surface area contributed by atoms with Gasteiger partial charge < -0.3 is 16.0 Å². The van der Waals surface area contributed by atoms with E-state index in [-0.39, 0.29) is 6.42 Å². The molecule has 3 rings (SSSR count). The first-order valence-corrected chi connectivity index (χ1v) is 9.07. The fraction of sp³-hybridized carbons (Fsp3) is 0.353. The van der Waals surface area contributed by atoms with Crippen LogP contribution in [0.3, 0.4) is 0 Å². The predicted octanol–water partition coefficient (Wildman–Crippen LogP) is 1.82. The van der Waals surface area contributed by atoms with Crippen molar-refractivity contribution in [2.75, 3.05) is 10.6 Å². The Kier molecular flexibility index (Phi) is 5.27. The number of nitrogens with one attached hydrogen (secondary N) is 3. The minimum atomic E-state index is -0.960. The molecule has 1 aromatic heterocycles. The summed E-state index contributed by atoms with van der Waals surface area (Å²) in [5.41, 5.74) is 0.798. The molecule has 1 atom stereocenters. The number of hydrogen-bond acceptors (Lipinski definition) is 6. The summed E-state index contributed by atoms with van der Waals surface area (Å²) in [5.74, 6) is -0.801. The van der Waals surface area contributed by atoms with Gasteiger partial charge in [-0.1, -0.05) is 37.3 Å². The van der Waals surface area contributed by atoms with Gasteiger partial charge in [0.15, 0.2) is 0 Å². The molecule has 1 aliphatic rings. The van der Waals surface area contributed by atoms with Crippen molar-refractivity contribution in [2.24, 2.45) is 5.92 Å². The molecule has 0 spiro atoms. The molecule has 3 N–H and O–H groups in total. The molecule has 0 saturated carbocycles. The molecule has 0 aliphatic carbocycles. The molecule has 0 fully saturated rings. The number of benzene rings is 1. The lowest BCUT2D eigenvalue weighted by Gasteiger charge is -2.13. The third-order valence-corrected chi connectivity index (χ3v) is 4.60. The van der Waals surface area contributed by atoms with Crippen molar-refractivity contribution in [3.05, 3.63) is 34.8 Å². The maximum Gasteiger partial charge on any atom is 0.254 e. The topological polar surface area (TPSA) is 113 Å². The normalized spacial score (nSPS) is 16.5. The molecular formula is C17H19N5O3S. The Bertz CT molecular complexity index is 848. The van der Waals surface area contributed by atoms with Crippen molar-refractivity contribution in [3.8, 4) is 0 Å². The Hall–Kier alpha value is -2.81. The number of fused-ring (bicyclic) bond motifs is 1. The first kappa shape index (κ1) is 18.0. The van der Waals surface area contributed by atoms with Gasteiger partial charge in [0.05, 0.1) is 17.7 Å². The largest absolute Gasteiger partial charge is 0.340 e. The highest BCUT2D eigenvalue weighted by molar-refractivity contribution is 7.15. The van der Waals surface area contributed by atoms with Gasteiger partial charge in [-0.05, 0) is 18.1 Å². The van der Waals surface area contributed by atoms with Crippen LogP contribution in [0.25, 0.3) is 0 Å². The second-order valence-electron chi connectivity index (χ2n) is 6.41. The van der Waals surface area contributed by atoms with Crippen LogP contribution in [0, 0.1) is 5.92 Å². The van der Waals surface area contributed by atoms with Crippen LogP contribution in [0.5, 0.6) is 0 Å². The molecule has 2 heterocycles. The lowest BCUT2D eigenvalue weighted by molar-refractivity contribution is -0.122. The summed E-state index contributed by atoms with van der Waals surface area (Å²) in [5, 5.41) is 17.1. The van der Waals surface area contributed by atoms with E-state index >= 15 is 0 Å².